The maximum atomic E-state index is 9.54. The summed E-state index contributed by atoms with van der Waals surface area (Å²) in [5, 5.41) is 18.9. The fraction of sp³-hybridized carbons (Fsp3) is 0.800. The van der Waals surface area contributed by atoms with Crippen molar-refractivity contribution in [1.29, 1.82) is 0 Å². The van der Waals surface area contributed by atoms with Gasteiger partial charge in [0.25, 0.3) is 0 Å². The van der Waals surface area contributed by atoms with Gasteiger partial charge in [-0.3, -0.25) is 0 Å². The second-order valence-corrected chi connectivity index (χ2v) is 3.07. The third-order valence-corrected chi connectivity index (χ3v) is 2.12. The van der Waals surface area contributed by atoms with Crippen LogP contribution in [0.25, 0.3) is 0 Å². The molecule has 0 rings (SSSR count). The zero-order chi connectivity index (χ0) is 10.3. The summed E-state index contributed by atoms with van der Waals surface area (Å²) in [5.74, 6) is 0. The molecule has 2 N–H and O–H groups in total. The lowest BCUT2D eigenvalue weighted by atomic mass is 10.2. The lowest BCUT2D eigenvalue weighted by molar-refractivity contribution is 0.0242. The summed E-state index contributed by atoms with van der Waals surface area (Å²) in [4.78, 5) is 2.08. The Hall–Kier alpha value is -0.380. The van der Waals surface area contributed by atoms with Gasteiger partial charge in [0.1, 0.15) is 0 Å². The molecule has 0 aliphatic rings. The van der Waals surface area contributed by atoms with Crippen molar-refractivity contribution < 1.29 is 10.2 Å². The number of aliphatic hydroxyl groups is 2. The van der Waals surface area contributed by atoms with Gasteiger partial charge in [-0.05, 0) is 20.0 Å². The van der Waals surface area contributed by atoms with Crippen LogP contribution in [0.1, 0.15) is 20.8 Å². The predicted octanol–water partition coefficient (Wildman–Crippen LogP) is 0.626. The summed E-state index contributed by atoms with van der Waals surface area (Å²) in [6.07, 6.45) is 1.92. The highest BCUT2D eigenvalue weighted by atomic mass is 16.3. The Balaban J connectivity index is 3.89. The van der Waals surface area contributed by atoms with Crippen molar-refractivity contribution in [2.45, 2.75) is 33.0 Å². The predicted molar refractivity (Wildman–Crippen MR) is 54.6 cm³/mol. The minimum absolute atomic E-state index is 0.526. The Morgan fingerprint density at radius 3 is 2.15 bits per heavy atom. The lowest BCUT2D eigenvalue weighted by Crippen LogP contribution is -2.38. The molecule has 0 aromatic rings. The van der Waals surface area contributed by atoms with Crippen LogP contribution in [0.15, 0.2) is 12.2 Å². The Morgan fingerprint density at radius 1 is 1.23 bits per heavy atom. The number of likely N-dealkylation sites (N-methyl/N-ethyl adjacent to an activating group) is 1. The van der Waals surface area contributed by atoms with Crippen LogP contribution in [0, 0.1) is 0 Å². The van der Waals surface area contributed by atoms with E-state index in [-0.39, 0.29) is 0 Å². The highest BCUT2D eigenvalue weighted by Gasteiger charge is 2.15. The maximum absolute atomic E-state index is 9.54. The summed E-state index contributed by atoms with van der Waals surface area (Å²) in [5.41, 5.74) is 0. The molecule has 0 fully saturated rings. The van der Waals surface area contributed by atoms with Crippen molar-refractivity contribution in [2.75, 3.05) is 19.6 Å². The van der Waals surface area contributed by atoms with Gasteiger partial charge in [-0.1, -0.05) is 26.0 Å². The summed E-state index contributed by atoms with van der Waals surface area (Å²) in [6.45, 7) is 8.23. The van der Waals surface area contributed by atoms with E-state index in [1.165, 1.54) is 0 Å². The van der Waals surface area contributed by atoms with Gasteiger partial charge >= 0.3 is 0 Å². The molecule has 13 heavy (non-hydrogen) atoms. The Kier molecular flexibility index (Phi) is 6.86. The highest BCUT2D eigenvalue weighted by molar-refractivity contribution is 4.90. The number of hydrogen-bond acceptors (Lipinski definition) is 3. The van der Waals surface area contributed by atoms with Crippen LogP contribution in [0.2, 0.25) is 0 Å². The fourth-order valence-corrected chi connectivity index (χ4v) is 1.18. The lowest BCUT2D eigenvalue weighted by Gasteiger charge is -2.23. The molecule has 0 aromatic carbocycles. The van der Waals surface area contributed by atoms with Gasteiger partial charge in [-0.25, -0.2) is 0 Å². The monoisotopic (exact) mass is 187 g/mol. The summed E-state index contributed by atoms with van der Waals surface area (Å²) >= 11 is 0. The van der Waals surface area contributed by atoms with E-state index in [2.05, 4.69) is 4.90 Å². The molecule has 0 saturated heterocycles. The molecule has 2 unspecified atom stereocenters. The van der Waals surface area contributed by atoms with Gasteiger partial charge in [0.15, 0.2) is 0 Å². The molecular weight excluding hydrogens is 166 g/mol. The van der Waals surface area contributed by atoms with Crippen LogP contribution < -0.4 is 0 Å². The summed E-state index contributed by atoms with van der Waals surface area (Å²) in [7, 11) is 0. The average molecular weight is 187 g/mol. The molecule has 0 aliphatic heterocycles. The van der Waals surface area contributed by atoms with Crippen molar-refractivity contribution >= 4 is 0 Å². The first-order valence-corrected chi connectivity index (χ1v) is 4.86. The smallest absolute Gasteiger partial charge is 0.0992 e. The molecule has 0 radical (unpaired) electrons. The van der Waals surface area contributed by atoms with Gasteiger partial charge in [-0.15, -0.1) is 0 Å². The van der Waals surface area contributed by atoms with Crippen molar-refractivity contribution in [3.05, 3.63) is 12.2 Å². The molecule has 0 heterocycles. The molecular formula is C10H21NO2. The highest BCUT2D eigenvalue weighted by Crippen LogP contribution is 1.99. The van der Waals surface area contributed by atoms with Crippen molar-refractivity contribution in [3.8, 4) is 0 Å². The maximum Gasteiger partial charge on any atom is 0.0992 e. The van der Waals surface area contributed by atoms with Crippen LogP contribution in [-0.4, -0.2) is 47.0 Å². The van der Waals surface area contributed by atoms with E-state index in [0.717, 1.165) is 13.1 Å². The van der Waals surface area contributed by atoms with Crippen molar-refractivity contribution in [3.63, 3.8) is 0 Å². The van der Waals surface area contributed by atoms with Gasteiger partial charge in [0.05, 0.1) is 12.2 Å². The Labute approximate surface area is 80.7 Å². The minimum Gasteiger partial charge on any atom is -0.389 e. The molecule has 0 saturated carbocycles. The topological polar surface area (TPSA) is 43.7 Å². The van der Waals surface area contributed by atoms with E-state index in [0.29, 0.717) is 6.54 Å². The molecule has 78 valence electrons. The van der Waals surface area contributed by atoms with E-state index >= 15 is 0 Å². The van der Waals surface area contributed by atoms with Gasteiger partial charge in [0, 0.05) is 6.54 Å². The first-order chi connectivity index (χ1) is 6.15. The van der Waals surface area contributed by atoms with Crippen LogP contribution in [0.4, 0.5) is 0 Å². The second-order valence-electron chi connectivity index (χ2n) is 3.07. The normalized spacial score (nSPS) is 16.8. The summed E-state index contributed by atoms with van der Waals surface area (Å²) < 4.78 is 0. The van der Waals surface area contributed by atoms with E-state index in [4.69, 9.17) is 0 Å². The van der Waals surface area contributed by atoms with Crippen molar-refractivity contribution in [2.24, 2.45) is 0 Å². The third-order valence-electron chi connectivity index (χ3n) is 2.12. The van der Waals surface area contributed by atoms with Gasteiger partial charge in [-0.2, -0.15) is 0 Å². The Bertz CT molecular complexity index is 144. The SMILES string of the molecule is CC=CC(O)C(O)CN(CC)CC. The molecule has 3 nitrogen and oxygen atoms in total. The Morgan fingerprint density at radius 2 is 1.77 bits per heavy atom. The first-order valence-electron chi connectivity index (χ1n) is 4.86. The molecule has 0 spiro atoms. The third kappa shape index (κ3) is 5.03. The van der Waals surface area contributed by atoms with Crippen molar-refractivity contribution in [1.82, 2.24) is 4.90 Å². The number of rotatable bonds is 6. The zero-order valence-corrected chi connectivity index (χ0v) is 8.77. The molecule has 0 bridgehead atoms. The zero-order valence-electron chi connectivity index (χ0n) is 8.77. The van der Waals surface area contributed by atoms with E-state index < -0.39 is 12.2 Å². The van der Waals surface area contributed by atoms with Crippen LogP contribution in [0.3, 0.4) is 0 Å². The molecule has 3 heteroatoms. The van der Waals surface area contributed by atoms with Crippen LogP contribution in [0.5, 0.6) is 0 Å². The van der Waals surface area contributed by atoms with E-state index in [9.17, 15) is 10.2 Å². The fourth-order valence-electron chi connectivity index (χ4n) is 1.18. The van der Waals surface area contributed by atoms with E-state index in [1.54, 1.807) is 12.2 Å². The molecule has 2 atom stereocenters. The second kappa shape index (κ2) is 7.06. The van der Waals surface area contributed by atoms with E-state index in [1.807, 2.05) is 20.8 Å². The number of nitrogens with zero attached hydrogens (tertiary/aromatic N) is 1. The number of hydrogen-bond donors (Lipinski definition) is 2. The molecule has 0 aromatic heterocycles. The average Bonchev–Trinajstić information content (AvgIpc) is 2.14. The first kappa shape index (κ1) is 12.6. The standard InChI is InChI=1S/C10H21NO2/c1-4-7-9(12)10(13)8-11(5-2)6-3/h4,7,9-10,12-13H,5-6,8H2,1-3H3. The number of aliphatic hydroxyl groups excluding tert-OH is 2. The minimum atomic E-state index is -0.745. The molecule has 0 amide bonds. The van der Waals surface area contributed by atoms with Gasteiger partial charge in [0.2, 0.25) is 0 Å². The number of allylic oxidation sites excluding steroid dienone is 1. The summed E-state index contributed by atoms with van der Waals surface area (Å²) in [6, 6.07) is 0. The van der Waals surface area contributed by atoms with Gasteiger partial charge < -0.3 is 15.1 Å². The van der Waals surface area contributed by atoms with Crippen LogP contribution >= 0.6 is 0 Å². The largest absolute Gasteiger partial charge is 0.389 e. The quantitative estimate of drug-likeness (QED) is 0.599. The molecule has 0 aliphatic carbocycles. The van der Waals surface area contributed by atoms with Crippen LogP contribution in [-0.2, 0) is 0 Å².